The molecule has 3 heteroatoms. The summed E-state index contributed by atoms with van der Waals surface area (Å²) in [6.45, 7) is 0. The number of rotatable bonds is 4. The van der Waals surface area contributed by atoms with Crippen LogP contribution in [0.2, 0.25) is 5.02 Å². The second-order valence-corrected chi connectivity index (χ2v) is 8.49. The minimum absolute atomic E-state index is 0.317. The SMILES string of the molecule is OC1CC(c2ccc(Oc3ccc(-c4ccc(Cl)cc4)cc3)cc2)Cc2ccccc21. The predicted octanol–water partition coefficient (Wildman–Crippen LogP) is 7.56. The van der Waals surface area contributed by atoms with Gasteiger partial charge in [-0.25, -0.2) is 0 Å². The maximum Gasteiger partial charge on any atom is 0.127 e. The van der Waals surface area contributed by atoms with Crippen LogP contribution in [0.15, 0.2) is 97.1 Å². The molecule has 4 aromatic carbocycles. The number of fused-ring (bicyclic) bond motifs is 1. The molecule has 0 heterocycles. The van der Waals surface area contributed by atoms with Crippen molar-refractivity contribution in [1.29, 1.82) is 0 Å². The fraction of sp³-hybridized carbons (Fsp3) is 0.143. The minimum Gasteiger partial charge on any atom is -0.457 e. The average Bonchev–Trinajstić information content (AvgIpc) is 2.81. The van der Waals surface area contributed by atoms with Crippen LogP contribution in [0.5, 0.6) is 11.5 Å². The Morgan fingerprint density at radius 3 is 1.97 bits per heavy atom. The van der Waals surface area contributed by atoms with E-state index in [0.717, 1.165) is 46.1 Å². The number of aliphatic hydroxyl groups excluding tert-OH is 1. The van der Waals surface area contributed by atoms with Gasteiger partial charge < -0.3 is 9.84 Å². The minimum atomic E-state index is -0.398. The van der Waals surface area contributed by atoms with Crippen LogP contribution < -0.4 is 4.74 Å². The smallest absolute Gasteiger partial charge is 0.127 e. The summed E-state index contributed by atoms with van der Waals surface area (Å²) in [7, 11) is 0. The molecule has 0 saturated heterocycles. The molecular formula is C28H23ClO2. The number of ether oxygens (including phenoxy) is 1. The van der Waals surface area contributed by atoms with Crippen LogP contribution in [0.4, 0.5) is 0 Å². The average molecular weight is 427 g/mol. The Balaban J connectivity index is 1.27. The Kier molecular flexibility index (Phi) is 5.50. The first-order chi connectivity index (χ1) is 15.2. The van der Waals surface area contributed by atoms with Crippen LogP contribution in [-0.2, 0) is 6.42 Å². The van der Waals surface area contributed by atoms with Crippen molar-refractivity contribution < 1.29 is 9.84 Å². The molecule has 0 aliphatic heterocycles. The number of aliphatic hydroxyl groups is 1. The molecule has 0 radical (unpaired) electrons. The zero-order valence-electron chi connectivity index (χ0n) is 17.0. The van der Waals surface area contributed by atoms with E-state index in [9.17, 15) is 5.11 Å². The van der Waals surface area contributed by atoms with Crippen molar-refractivity contribution in [2.45, 2.75) is 24.9 Å². The molecular weight excluding hydrogens is 404 g/mol. The lowest BCUT2D eigenvalue weighted by Gasteiger charge is -2.29. The monoisotopic (exact) mass is 426 g/mol. The summed E-state index contributed by atoms with van der Waals surface area (Å²) in [6.07, 6.45) is 1.31. The number of hydrogen-bond acceptors (Lipinski definition) is 2. The molecule has 0 saturated carbocycles. The summed E-state index contributed by atoms with van der Waals surface area (Å²) in [5.74, 6) is 1.92. The highest BCUT2D eigenvalue weighted by molar-refractivity contribution is 6.30. The van der Waals surface area contributed by atoms with Gasteiger partial charge in [-0.1, -0.05) is 72.3 Å². The third kappa shape index (κ3) is 4.36. The van der Waals surface area contributed by atoms with Crippen molar-refractivity contribution in [2.24, 2.45) is 0 Å². The summed E-state index contributed by atoms with van der Waals surface area (Å²) in [6, 6.07) is 32.3. The second-order valence-electron chi connectivity index (χ2n) is 8.05. The van der Waals surface area contributed by atoms with Gasteiger partial charge in [-0.15, -0.1) is 0 Å². The standard InChI is InChI=1S/C28H23ClO2/c29-24-11-5-19(6-12-24)20-7-13-25(14-8-20)31-26-15-9-21(10-16-26)23-17-22-3-1-2-4-27(22)28(30)18-23/h1-16,23,28,30H,17-18H2. The Morgan fingerprint density at radius 1 is 0.710 bits per heavy atom. The topological polar surface area (TPSA) is 29.5 Å². The van der Waals surface area contributed by atoms with E-state index in [4.69, 9.17) is 16.3 Å². The fourth-order valence-electron chi connectivity index (χ4n) is 4.35. The highest BCUT2D eigenvalue weighted by Gasteiger charge is 2.26. The fourth-order valence-corrected chi connectivity index (χ4v) is 4.47. The van der Waals surface area contributed by atoms with Crippen LogP contribution in [-0.4, -0.2) is 5.11 Å². The molecule has 31 heavy (non-hydrogen) atoms. The molecule has 1 aliphatic rings. The highest BCUT2D eigenvalue weighted by atomic mass is 35.5. The van der Waals surface area contributed by atoms with E-state index in [1.54, 1.807) is 0 Å². The molecule has 0 spiro atoms. The van der Waals surface area contributed by atoms with Crippen LogP contribution in [0, 0.1) is 0 Å². The highest BCUT2D eigenvalue weighted by Crippen LogP contribution is 2.39. The van der Waals surface area contributed by atoms with Crippen LogP contribution >= 0.6 is 11.6 Å². The van der Waals surface area contributed by atoms with E-state index < -0.39 is 6.10 Å². The maximum atomic E-state index is 10.5. The summed E-state index contributed by atoms with van der Waals surface area (Å²) in [4.78, 5) is 0. The van der Waals surface area contributed by atoms with Gasteiger partial charge in [0, 0.05) is 5.02 Å². The van der Waals surface area contributed by atoms with Crippen molar-refractivity contribution in [3.8, 4) is 22.6 Å². The molecule has 0 fully saturated rings. The van der Waals surface area contributed by atoms with Crippen molar-refractivity contribution in [3.05, 3.63) is 119 Å². The van der Waals surface area contributed by atoms with E-state index in [1.807, 2.05) is 78.9 Å². The number of halogens is 1. The first-order valence-corrected chi connectivity index (χ1v) is 10.9. The zero-order chi connectivity index (χ0) is 21.2. The van der Waals surface area contributed by atoms with Gasteiger partial charge in [-0.3, -0.25) is 0 Å². The molecule has 1 N–H and O–H groups in total. The van der Waals surface area contributed by atoms with Crippen molar-refractivity contribution >= 4 is 11.6 Å². The summed E-state index contributed by atoms with van der Waals surface area (Å²) >= 11 is 5.97. The quantitative estimate of drug-likeness (QED) is 0.364. The molecule has 2 unspecified atom stereocenters. The van der Waals surface area contributed by atoms with Gasteiger partial charge in [-0.2, -0.15) is 0 Å². The van der Waals surface area contributed by atoms with Crippen LogP contribution in [0.1, 0.15) is 35.1 Å². The van der Waals surface area contributed by atoms with E-state index >= 15 is 0 Å². The maximum absolute atomic E-state index is 10.5. The first-order valence-electron chi connectivity index (χ1n) is 10.6. The number of hydrogen-bond donors (Lipinski definition) is 1. The normalized spacial score (nSPS) is 17.7. The van der Waals surface area contributed by atoms with Crippen molar-refractivity contribution in [1.82, 2.24) is 0 Å². The molecule has 1 aliphatic carbocycles. The zero-order valence-corrected chi connectivity index (χ0v) is 17.8. The Hall–Kier alpha value is -3.07. The van der Waals surface area contributed by atoms with E-state index in [2.05, 4.69) is 18.2 Å². The lowest BCUT2D eigenvalue weighted by atomic mass is 9.79. The Morgan fingerprint density at radius 2 is 1.29 bits per heavy atom. The molecule has 2 nitrogen and oxygen atoms in total. The van der Waals surface area contributed by atoms with E-state index in [1.165, 1.54) is 11.1 Å². The third-order valence-electron chi connectivity index (χ3n) is 6.01. The third-order valence-corrected chi connectivity index (χ3v) is 6.26. The molecule has 4 aromatic rings. The summed E-state index contributed by atoms with van der Waals surface area (Å²) in [5.41, 5.74) is 5.79. The molecule has 2 atom stereocenters. The molecule has 0 amide bonds. The van der Waals surface area contributed by atoms with Gasteiger partial charge >= 0.3 is 0 Å². The lowest BCUT2D eigenvalue weighted by Crippen LogP contribution is -2.17. The van der Waals surface area contributed by atoms with Crippen LogP contribution in [0.3, 0.4) is 0 Å². The predicted molar refractivity (Wildman–Crippen MR) is 126 cm³/mol. The largest absolute Gasteiger partial charge is 0.457 e. The van der Waals surface area contributed by atoms with Gasteiger partial charge in [0.05, 0.1) is 6.10 Å². The van der Waals surface area contributed by atoms with Gasteiger partial charge in [0.15, 0.2) is 0 Å². The van der Waals surface area contributed by atoms with Gasteiger partial charge in [0.2, 0.25) is 0 Å². The first kappa shape index (κ1) is 19.9. The molecule has 0 bridgehead atoms. The van der Waals surface area contributed by atoms with Gasteiger partial charge in [0.1, 0.15) is 11.5 Å². The van der Waals surface area contributed by atoms with Crippen LogP contribution in [0.25, 0.3) is 11.1 Å². The van der Waals surface area contributed by atoms with Crippen molar-refractivity contribution in [2.75, 3.05) is 0 Å². The molecule has 154 valence electrons. The summed E-state index contributed by atoms with van der Waals surface area (Å²) < 4.78 is 6.04. The van der Waals surface area contributed by atoms with Crippen molar-refractivity contribution in [3.63, 3.8) is 0 Å². The lowest BCUT2D eigenvalue weighted by molar-refractivity contribution is 0.147. The molecule has 5 rings (SSSR count). The second kappa shape index (κ2) is 8.58. The van der Waals surface area contributed by atoms with E-state index in [0.29, 0.717) is 5.92 Å². The molecule has 0 aromatic heterocycles. The van der Waals surface area contributed by atoms with Gasteiger partial charge in [-0.05, 0) is 83.0 Å². The van der Waals surface area contributed by atoms with Gasteiger partial charge in [0.25, 0.3) is 0 Å². The Labute approximate surface area is 187 Å². The Bertz CT molecular complexity index is 1170. The number of benzene rings is 4. The van der Waals surface area contributed by atoms with E-state index in [-0.39, 0.29) is 0 Å². The summed E-state index contributed by atoms with van der Waals surface area (Å²) in [5, 5.41) is 11.3.